The summed E-state index contributed by atoms with van der Waals surface area (Å²) < 4.78 is 33.2. The fourth-order valence-corrected chi connectivity index (χ4v) is 5.56. The van der Waals surface area contributed by atoms with Crippen molar-refractivity contribution in [3.8, 4) is 0 Å². The molecule has 1 aliphatic carbocycles. The summed E-state index contributed by atoms with van der Waals surface area (Å²) in [4.78, 5) is 0. The van der Waals surface area contributed by atoms with E-state index in [1.54, 1.807) is 11.4 Å². The lowest BCUT2D eigenvalue weighted by molar-refractivity contribution is -0.0248. The van der Waals surface area contributed by atoms with Crippen molar-refractivity contribution in [3.05, 3.63) is 15.9 Å². The minimum Gasteiger partial charge on any atom is -0.377 e. The maximum Gasteiger partial charge on any atom is 0.251 e. The highest BCUT2D eigenvalue weighted by atomic mass is 79.9. The Kier molecular flexibility index (Phi) is 4.45. The Hall–Kier alpha value is 0.01000. The summed E-state index contributed by atoms with van der Waals surface area (Å²) in [6.07, 6.45) is 0.561. The quantitative estimate of drug-likeness (QED) is 0.834. The van der Waals surface area contributed by atoms with Crippen molar-refractivity contribution in [1.82, 2.24) is 4.72 Å². The zero-order chi connectivity index (χ0) is 13.3. The molecule has 0 aromatic carbocycles. The highest BCUT2D eigenvalue weighted by Gasteiger charge is 2.42. The van der Waals surface area contributed by atoms with Gasteiger partial charge in [0.15, 0.2) is 0 Å². The molecule has 5 nitrogen and oxygen atoms in total. The lowest BCUT2D eigenvalue weighted by Crippen LogP contribution is -2.64. The van der Waals surface area contributed by atoms with Crippen LogP contribution in [0.1, 0.15) is 13.3 Å². The minimum atomic E-state index is -3.53. The number of sulfonamides is 1. The van der Waals surface area contributed by atoms with Crippen molar-refractivity contribution in [3.63, 3.8) is 0 Å². The summed E-state index contributed by atoms with van der Waals surface area (Å²) in [6.45, 7) is 2.43. The maximum absolute atomic E-state index is 12.2. The molecular weight excluding hydrogens is 340 g/mol. The van der Waals surface area contributed by atoms with Gasteiger partial charge in [0.2, 0.25) is 0 Å². The average molecular weight is 355 g/mol. The molecule has 3 atom stereocenters. The molecule has 1 saturated carbocycles. The highest BCUT2D eigenvalue weighted by Crippen LogP contribution is 2.30. The van der Waals surface area contributed by atoms with Gasteiger partial charge in [-0.15, -0.1) is 11.3 Å². The fraction of sp³-hybridized carbons (Fsp3) is 0.600. The lowest BCUT2D eigenvalue weighted by atomic mass is 9.84. The normalized spacial score (nSPS) is 28.1. The number of halogens is 1. The second-order valence-corrected chi connectivity index (χ2v) is 7.78. The van der Waals surface area contributed by atoms with Gasteiger partial charge in [0.25, 0.3) is 10.0 Å². The summed E-state index contributed by atoms with van der Waals surface area (Å²) >= 11 is 4.39. The van der Waals surface area contributed by atoms with Gasteiger partial charge in [-0.05, 0) is 40.7 Å². The van der Waals surface area contributed by atoms with Gasteiger partial charge in [-0.3, -0.25) is 0 Å². The molecule has 1 aliphatic rings. The van der Waals surface area contributed by atoms with E-state index in [0.717, 1.165) is 0 Å². The zero-order valence-electron chi connectivity index (χ0n) is 9.80. The van der Waals surface area contributed by atoms with Crippen LogP contribution in [0.4, 0.5) is 0 Å². The van der Waals surface area contributed by atoms with Gasteiger partial charge in [0.1, 0.15) is 4.21 Å². The molecule has 3 unspecified atom stereocenters. The smallest absolute Gasteiger partial charge is 0.251 e. The topological polar surface area (TPSA) is 81.4 Å². The Bertz CT molecular complexity index is 515. The molecule has 2 rings (SSSR count). The van der Waals surface area contributed by atoms with Crippen LogP contribution < -0.4 is 10.5 Å². The van der Waals surface area contributed by atoms with Crippen LogP contribution in [0.15, 0.2) is 20.1 Å². The number of ether oxygens (including phenoxy) is 1. The first kappa shape index (κ1) is 14.4. The van der Waals surface area contributed by atoms with Crippen LogP contribution in [0.3, 0.4) is 0 Å². The van der Waals surface area contributed by atoms with E-state index in [9.17, 15) is 8.42 Å². The van der Waals surface area contributed by atoms with Crippen LogP contribution >= 0.6 is 27.3 Å². The zero-order valence-corrected chi connectivity index (χ0v) is 13.0. The third-order valence-electron chi connectivity index (χ3n) is 2.87. The van der Waals surface area contributed by atoms with Crippen LogP contribution in [0.25, 0.3) is 0 Å². The van der Waals surface area contributed by atoms with E-state index >= 15 is 0 Å². The second kappa shape index (κ2) is 5.56. The molecule has 1 aromatic heterocycles. The number of nitrogens with two attached hydrogens (primary N) is 1. The van der Waals surface area contributed by atoms with Crippen molar-refractivity contribution in [2.45, 2.75) is 35.7 Å². The summed E-state index contributed by atoms with van der Waals surface area (Å²) in [5.74, 6) is 0. The van der Waals surface area contributed by atoms with E-state index in [0.29, 0.717) is 17.5 Å². The van der Waals surface area contributed by atoms with Crippen molar-refractivity contribution in [2.75, 3.05) is 6.61 Å². The van der Waals surface area contributed by atoms with E-state index in [1.165, 1.54) is 11.3 Å². The number of hydrogen-bond donors (Lipinski definition) is 2. The molecule has 0 aliphatic heterocycles. The lowest BCUT2D eigenvalue weighted by Gasteiger charge is -2.42. The highest BCUT2D eigenvalue weighted by molar-refractivity contribution is 9.10. The van der Waals surface area contributed by atoms with Crippen LogP contribution in [0.5, 0.6) is 0 Å². The van der Waals surface area contributed by atoms with E-state index in [4.69, 9.17) is 10.5 Å². The summed E-state index contributed by atoms with van der Waals surface area (Å²) in [5, 5.41) is 1.72. The van der Waals surface area contributed by atoms with Gasteiger partial charge < -0.3 is 10.5 Å². The summed E-state index contributed by atoms with van der Waals surface area (Å²) in [7, 11) is -3.53. The van der Waals surface area contributed by atoms with E-state index in [-0.39, 0.29) is 22.4 Å². The van der Waals surface area contributed by atoms with E-state index in [1.807, 2.05) is 6.92 Å². The largest absolute Gasteiger partial charge is 0.377 e. The van der Waals surface area contributed by atoms with Crippen molar-refractivity contribution in [1.29, 1.82) is 0 Å². The molecule has 1 heterocycles. The third-order valence-corrected chi connectivity index (χ3v) is 7.00. The molecule has 0 bridgehead atoms. The fourth-order valence-electron chi connectivity index (χ4n) is 1.89. The van der Waals surface area contributed by atoms with E-state index < -0.39 is 10.0 Å². The Morgan fingerprint density at radius 1 is 1.67 bits per heavy atom. The van der Waals surface area contributed by atoms with Crippen molar-refractivity contribution in [2.24, 2.45) is 5.73 Å². The molecule has 102 valence electrons. The second-order valence-electron chi connectivity index (χ2n) is 4.10. The first-order valence-corrected chi connectivity index (χ1v) is 8.73. The van der Waals surface area contributed by atoms with Gasteiger partial charge in [0, 0.05) is 17.1 Å². The summed E-state index contributed by atoms with van der Waals surface area (Å²) in [5.41, 5.74) is 5.83. The van der Waals surface area contributed by atoms with Gasteiger partial charge in [-0.25, -0.2) is 13.1 Å². The molecule has 1 aromatic rings. The van der Waals surface area contributed by atoms with Gasteiger partial charge in [-0.1, -0.05) is 0 Å². The first-order valence-electron chi connectivity index (χ1n) is 5.58. The predicted octanol–water partition coefficient (Wildman–Crippen LogP) is 1.29. The standard InChI is InChI=1S/C10H15BrN2O3S2/c1-2-16-8-5-7(12)9(8)13-18(14,15)10-6(11)3-4-17-10/h3-4,7-9,13H,2,5,12H2,1H3. The van der Waals surface area contributed by atoms with E-state index in [2.05, 4.69) is 20.7 Å². The molecule has 18 heavy (non-hydrogen) atoms. The number of nitrogens with one attached hydrogen (secondary N) is 1. The monoisotopic (exact) mass is 354 g/mol. The van der Waals surface area contributed by atoms with Gasteiger partial charge >= 0.3 is 0 Å². The first-order chi connectivity index (χ1) is 8.45. The minimum absolute atomic E-state index is 0.126. The van der Waals surface area contributed by atoms with Crippen LogP contribution in [-0.4, -0.2) is 33.2 Å². The Morgan fingerprint density at radius 2 is 2.39 bits per heavy atom. The molecule has 3 N–H and O–H groups in total. The van der Waals surface area contributed by atoms with Crippen LogP contribution in [-0.2, 0) is 14.8 Å². The molecule has 1 fully saturated rings. The molecule has 0 saturated heterocycles. The Morgan fingerprint density at radius 3 is 2.89 bits per heavy atom. The number of hydrogen-bond acceptors (Lipinski definition) is 5. The molecular formula is C10H15BrN2O3S2. The maximum atomic E-state index is 12.2. The molecule has 0 amide bonds. The Labute approximate surface area is 119 Å². The molecule has 0 radical (unpaired) electrons. The van der Waals surface area contributed by atoms with Crippen LogP contribution in [0.2, 0.25) is 0 Å². The van der Waals surface area contributed by atoms with Gasteiger partial charge in [0.05, 0.1) is 12.1 Å². The number of rotatable bonds is 5. The van der Waals surface area contributed by atoms with Gasteiger partial charge in [-0.2, -0.15) is 0 Å². The van der Waals surface area contributed by atoms with Crippen LogP contribution in [0, 0.1) is 0 Å². The SMILES string of the molecule is CCOC1CC(N)C1NS(=O)(=O)c1sccc1Br. The van der Waals surface area contributed by atoms with Crippen molar-refractivity contribution >= 4 is 37.3 Å². The molecule has 8 heteroatoms. The average Bonchev–Trinajstić information content (AvgIpc) is 2.73. The number of thiophene rings is 1. The molecule has 0 spiro atoms. The van der Waals surface area contributed by atoms with Crippen molar-refractivity contribution < 1.29 is 13.2 Å². The predicted molar refractivity (Wildman–Crippen MR) is 74.1 cm³/mol. The Balaban J connectivity index is 2.11. The third kappa shape index (κ3) is 2.78. The summed E-state index contributed by atoms with van der Waals surface area (Å²) in [6, 6.07) is 1.18.